The van der Waals surface area contributed by atoms with Crippen molar-refractivity contribution < 1.29 is 14.3 Å². The Kier molecular flexibility index (Phi) is 4.92. The number of hydrogen-bond donors (Lipinski definition) is 0. The zero-order valence-electron chi connectivity index (χ0n) is 14.9. The van der Waals surface area contributed by atoms with Crippen LogP contribution in [0.3, 0.4) is 0 Å². The van der Waals surface area contributed by atoms with Gasteiger partial charge in [-0.05, 0) is 14.1 Å². The maximum atomic E-state index is 12.7. The van der Waals surface area contributed by atoms with E-state index < -0.39 is 5.60 Å². The molecule has 2 amide bonds. The summed E-state index contributed by atoms with van der Waals surface area (Å²) in [6, 6.07) is 0. The van der Waals surface area contributed by atoms with Gasteiger partial charge < -0.3 is 19.4 Å². The molecule has 8 nitrogen and oxygen atoms in total. The van der Waals surface area contributed by atoms with Crippen molar-refractivity contribution in [2.75, 3.05) is 46.8 Å². The minimum absolute atomic E-state index is 0.131. The Morgan fingerprint density at radius 1 is 1.40 bits per heavy atom. The van der Waals surface area contributed by atoms with Gasteiger partial charge in [0.15, 0.2) is 0 Å². The molecule has 25 heavy (non-hydrogen) atoms. The minimum Gasteiger partial charge on any atom is -0.441 e. The number of halogens is 1. The molecule has 0 radical (unpaired) electrons. The fourth-order valence-corrected chi connectivity index (χ4v) is 3.61. The van der Waals surface area contributed by atoms with Gasteiger partial charge >= 0.3 is 6.09 Å². The average Bonchev–Trinajstić information content (AvgIpc) is 3.05. The Labute approximate surface area is 152 Å². The number of nitrogens with zero attached hydrogens (tertiary/aromatic N) is 5. The summed E-state index contributed by atoms with van der Waals surface area (Å²) in [5.41, 5.74) is -0.0789. The number of ether oxygens (including phenoxy) is 1. The highest BCUT2D eigenvalue weighted by Crippen LogP contribution is 2.33. The molecule has 1 aromatic heterocycles. The van der Waals surface area contributed by atoms with Crippen LogP contribution < -0.4 is 0 Å². The molecule has 9 heteroatoms. The van der Waals surface area contributed by atoms with E-state index in [2.05, 4.69) is 5.10 Å². The molecule has 0 N–H and O–H groups in total. The second-order valence-electron chi connectivity index (χ2n) is 7.03. The summed E-state index contributed by atoms with van der Waals surface area (Å²) in [6.45, 7) is 3.12. The summed E-state index contributed by atoms with van der Waals surface area (Å²) in [5, 5.41) is 4.37. The molecular formula is C16H24ClN5O3. The third-order valence-electron chi connectivity index (χ3n) is 4.92. The maximum Gasteiger partial charge on any atom is 0.410 e. The molecule has 2 saturated heterocycles. The van der Waals surface area contributed by atoms with Gasteiger partial charge in [0.05, 0.1) is 17.8 Å². The van der Waals surface area contributed by atoms with Crippen molar-refractivity contribution >= 4 is 23.6 Å². The maximum absolute atomic E-state index is 12.7. The van der Waals surface area contributed by atoms with E-state index in [4.69, 9.17) is 16.3 Å². The number of rotatable bonds is 4. The van der Waals surface area contributed by atoms with Gasteiger partial charge in [0.1, 0.15) is 11.3 Å². The SMILES string of the molecule is CN(C)CCN1CC2(CCN(C(=O)c3c(Cl)cnn3C)CC2)OC1=O. The quantitative estimate of drug-likeness (QED) is 0.793. The second-order valence-corrected chi connectivity index (χ2v) is 7.44. The molecule has 1 aromatic rings. The monoisotopic (exact) mass is 369 g/mol. The van der Waals surface area contributed by atoms with Crippen molar-refractivity contribution in [3.8, 4) is 0 Å². The largest absolute Gasteiger partial charge is 0.441 e. The predicted octanol–water partition coefficient (Wildman–Crippen LogP) is 1.06. The molecule has 0 saturated carbocycles. The van der Waals surface area contributed by atoms with E-state index in [-0.39, 0.29) is 12.0 Å². The van der Waals surface area contributed by atoms with Gasteiger partial charge in [0.25, 0.3) is 5.91 Å². The zero-order chi connectivity index (χ0) is 18.2. The number of likely N-dealkylation sites (tertiary alicyclic amines) is 1. The predicted molar refractivity (Wildman–Crippen MR) is 92.7 cm³/mol. The number of hydrogen-bond acceptors (Lipinski definition) is 5. The fourth-order valence-electron chi connectivity index (χ4n) is 3.36. The number of likely N-dealkylation sites (N-methyl/N-ethyl adjacent to an activating group) is 1. The summed E-state index contributed by atoms with van der Waals surface area (Å²) in [5.74, 6) is -0.131. The number of aromatic nitrogens is 2. The first-order chi connectivity index (χ1) is 11.8. The lowest BCUT2D eigenvalue weighted by Gasteiger charge is -2.37. The first-order valence-corrected chi connectivity index (χ1v) is 8.78. The summed E-state index contributed by atoms with van der Waals surface area (Å²) in [4.78, 5) is 30.3. The van der Waals surface area contributed by atoms with Gasteiger partial charge in [-0.3, -0.25) is 9.48 Å². The topological polar surface area (TPSA) is 70.9 Å². The van der Waals surface area contributed by atoms with E-state index in [0.29, 0.717) is 49.7 Å². The van der Waals surface area contributed by atoms with Crippen LogP contribution in [0.1, 0.15) is 23.3 Å². The molecule has 138 valence electrons. The summed E-state index contributed by atoms with van der Waals surface area (Å²) >= 11 is 6.07. The molecule has 0 bridgehead atoms. The number of piperidine rings is 1. The molecule has 2 aliphatic rings. The molecule has 1 spiro atoms. The molecule has 0 aliphatic carbocycles. The Bertz CT molecular complexity index is 647. The standard InChI is InChI=1S/C16H24ClN5O3/c1-19(2)8-9-22-11-16(25-15(22)24)4-6-21(7-5-16)14(23)13-12(17)10-18-20(13)3/h10H,4-9,11H2,1-3H3. The molecule has 0 unspecified atom stereocenters. The van der Waals surface area contributed by atoms with Gasteiger partial charge in [-0.2, -0.15) is 5.10 Å². The van der Waals surface area contributed by atoms with Crippen LogP contribution in [0.4, 0.5) is 4.79 Å². The summed E-state index contributed by atoms with van der Waals surface area (Å²) < 4.78 is 7.18. The van der Waals surface area contributed by atoms with Crippen molar-refractivity contribution in [2.24, 2.45) is 7.05 Å². The van der Waals surface area contributed by atoms with Crippen molar-refractivity contribution in [1.82, 2.24) is 24.5 Å². The van der Waals surface area contributed by atoms with E-state index in [1.807, 2.05) is 19.0 Å². The highest BCUT2D eigenvalue weighted by Gasteiger charge is 2.47. The first kappa shape index (κ1) is 18.0. The number of carbonyl (C=O) groups is 2. The van der Waals surface area contributed by atoms with Crippen LogP contribution in [0.5, 0.6) is 0 Å². The summed E-state index contributed by atoms with van der Waals surface area (Å²) in [6.07, 6.45) is 2.50. The van der Waals surface area contributed by atoms with Gasteiger partial charge in [-0.1, -0.05) is 11.6 Å². The minimum atomic E-state index is -0.476. The Hall–Kier alpha value is -1.80. The Morgan fingerprint density at radius 2 is 2.08 bits per heavy atom. The van der Waals surface area contributed by atoms with Crippen LogP contribution in [0.25, 0.3) is 0 Å². The van der Waals surface area contributed by atoms with E-state index in [0.717, 1.165) is 6.54 Å². The lowest BCUT2D eigenvalue weighted by atomic mass is 9.91. The Morgan fingerprint density at radius 3 is 2.64 bits per heavy atom. The lowest BCUT2D eigenvalue weighted by Crippen LogP contribution is -2.49. The highest BCUT2D eigenvalue weighted by atomic mass is 35.5. The van der Waals surface area contributed by atoms with Gasteiger partial charge in [-0.15, -0.1) is 0 Å². The van der Waals surface area contributed by atoms with Crippen molar-refractivity contribution in [1.29, 1.82) is 0 Å². The van der Waals surface area contributed by atoms with E-state index in [1.54, 1.807) is 16.8 Å². The normalized spacial score (nSPS) is 19.8. The molecule has 0 aromatic carbocycles. The molecular weight excluding hydrogens is 346 g/mol. The van der Waals surface area contributed by atoms with Crippen LogP contribution >= 0.6 is 11.6 Å². The van der Waals surface area contributed by atoms with Gasteiger partial charge in [-0.25, -0.2) is 4.79 Å². The van der Waals surface area contributed by atoms with E-state index in [1.165, 1.54) is 10.9 Å². The van der Waals surface area contributed by atoms with Gasteiger partial charge in [0.2, 0.25) is 0 Å². The number of carbonyl (C=O) groups excluding carboxylic acids is 2. The molecule has 0 atom stereocenters. The third-order valence-corrected chi connectivity index (χ3v) is 5.19. The second kappa shape index (κ2) is 6.84. The number of amides is 2. The van der Waals surface area contributed by atoms with Crippen LogP contribution in [0.2, 0.25) is 5.02 Å². The lowest BCUT2D eigenvalue weighted by molar-refractivity contribution is 0.00284. The number of aryl methyl sites for hydroxylation is 1. The summed E-state index contributed by atoms with van der Waals surface area (Å²) in [7, 11) is 5.65. The smallest absolute Gasteiger partial charge is 0.410 e. The van der Waals surface area contributed by atoms with E-state index >= 15 is 0 Å². The van der Waals surface area contributed by atoms with Crippen LogP contribution in [0.15, 0.2) is 6.20 Å². The third kappa shape index (κ3) is 3.59. The fraction of sp³-hybridized carbons (Fsp3) is 0.688. The molecule has 2 fully saturated rings. The highest BCUT2D eigenvalue weighted by molar-refractivity contribution is 6.33. The van der Waals surface area contributed by atoms with Crippen molar-refractivity contribution in [3.63, 3.8) is 0 Å². The van der Waals surface area contributed by atoms with Gasteiger partial charge in [0, 0.05) is 46.1 Å². The van der Waals surface area contributed by atoms with Crippen LogP contribution in [-0.2, 0) is 11.8 Å². The van der Waals surface area contributed by atoms with Crippen molar-refractivity contribution in [3.05, 3.63) is 16.9 Å². The van der Waals surface area contributed by atoms with Crippen LogP contribution in [0, 0.1) is 0 Å². The van der Waals surface area contributed by atoms with Crippen LogP contribution in [-0.4, -0.2) is 88.9 Å². The van der Waals surface area contributed by atoms with Crippen molar-refractivity contribution in [2.45, 2.75) is 18.4 Å². The molecule has 2 aliphatic heterocycles. The Balaban J connectivity index is 1.60. The molecule has 3 rings (SSSR count). The first-order valence-electron chi connectivity index (χ1n) is 8.41. The molecule has 3 heterocycles. The average molecular weight is 370 g/mol. The van der Waals surface area contributed by atoms with E-state index in [9.17, 15) is 9.59 Å². The zero-order valence-corrected chi connectivity index (χ0v) is 15.6.